The first-order valence-electron chi connectivity index (χ1n) is 2.99. The van der Waals surface area contributed by atoms with E-state index in [0.717, 1.165) is 12.1 Å². The fourth-order valence-electron chi connectivity index (χ4n) is 0.748. The first kappa shape index (κ1) is 11.6. The van der Waals surface area contributed by atoms with Gasteiger partial charge in [0, 0.05) is 21.1 Å². The van der Waals surface area contributed by atoms with E-state index in [1.165, 1.54) is 12.1 Å². The van der Waals surface area contributed by atoms with Crippen molar-refractivity contribution in [2.24, 2.45) is 0 Å². The van der Waals surface area contributed by atoms with Gasteiger partial charge in [0.2, 0.25) is 0 Å². The summed E-state index contributed by atoms with van der Waals surface area (Å²) < 4.78 is 35.8. The molecule has 66 valence electrons. The van der Waals surface area contributed by atoms with Crippen LogP contribution in [0, 0.1) is 6.92 Å². The Balaban J connectivity index is 0.00000121. The average molecular weight is 343 g/mol. The monoisotopic (exact) mass is 343 g/mol. The molecule has 0 aromatic heterocycles. The number of alkyl halides is 3. The molecule has 1 aromatic rings. The van der Waals surface area contributed by atoms with E-state index >= 15 is 0 Å². The molecule has 0 bridgehead atoms. The summed E-state index contributed by atoms with van der Waals surface area (Å²) in [5, 5.41) is 0. The van der Waals surface area contributed by atoms with E-state index in [0.29, 0.717) is 5.56 Å². The van der Waals surface area contributed by atoms with Crippen molar-refractivity contribution in [1.29, 1.82) is 0 Å². The number of benzene rings is 1. The predicted molar refractivity (Wildman–Crippen MR) is 35.9 cm³/mol. The molecule has 0 aliphatic carbocycles. The molecule has 1 rings (SSSR count). The molecular formula is C8H6F3W-. The Hall–Kier alpha value is -0.432. The van der Waals surface area contributed by atoms with Gasteiger partial charge in [-0.15, -0.1) is 6.07 Å². The topological polar surface area (TPSA) is 0 Å². The Labute approximate surface area is 83.0 Å². The molecule has 0 saturated heterocycles. The summed E-state index contributed by atoms with van der Waals surface area (Å²) in [4.78, 5) is 0. The third-order valence-corrected chi connectivity index (χ3v) is 1.25. The Bertz CT molecular complexity index is 255. The molecule has 4 heteroatoms. The SMILES string of the molecule is [CH2-]c1cccc(C(F)(F)F)c1.[W]. The van der Waals surface area contributed by atoms with E-state index in [2.05, 4.69) is 6.92 Å². The van der Waals surface area contributed by atoms with Gasteiger partial charge < -0.3 is 0 Å². The molecule has 0 aliphatic rings. The summed E-state index contributed by atoms with van der Waals surface area (Å²) in [6.45, 7) is 3.39. The molecule has 0 N–H and O–H groups in total. The van der Waals surface area contributed by atoms with E-state index < -0.39 is 11.7 Å². The van der Waals surface area contributed by atoms with Crippen LogP contribution in [0.4, 0.5) is 13.2 Å². The Morgan fingerprint density at radius 1 is 1.17 bits per heavy atom. The van der Waals surface area contributed by atoms with Crippen molar-refractivity contribution in [3.05, 3.63) is 42.3 Å². The maximum Gasteiger partial charge on any atom is 0.405 e. The number of halogens is 3. The summed E-state index contributed by atoms with van der Waals surface area (Å²) in [6, 6.07) is 4.90. The minimum absolute atomic E-state index is 0. The van der Waals surface area contributed by atoms with Crippen molar-refractivity contribution in [3.8, 4) is 0 Å². The third kappa shape index (κ3) is 2.90. The third-order valence-electron chi connectivity index (χ3n) is 1.25. The average Bonchev–Trinajstić information content (AvgIpc) is 1.86. The van der Waals surface area contributed by atoms with Crippen LogP contribution in [0.3, 0.4) is 0 Å². The summed E-state index contributed by atoms with van der Waals surface area (Å²) in [5.74, 6) is 0. The van der Waals surface area contributed by atoms with Crippen molar-refractivity contribution in [2.75, 3.05) is 0 Å². The van der Waals surface area contributed by atoms with Crippen molar-refractivity contribution in [3.63, 3.8) is 0 Å². The minimum atomic E-state index is -4.26. The van der Waals surface area contributed by atoms with Gasteiger partial charge in [-0.1, -0.05) is 6.07 Å². The molecule has 0 amide bonds. The van der Waals surface area contributed by atoms with E-state index in [1.807, 2.05) is 0 Å². The summed E-state index contributed by atoms with van der Waals surface area (Å²) in [5.41, 5.74) is -0.273. The Kier molecular flexibility index (Phi) is 3.85. The van der Waals surface area contributed by atoms with Crippen LogP contribution < -0.4 is 0 Å². The first-order chi connectivity index (χ1) is 5.00. The molecule has 0 fully saturated rings. The van der Waals surface area contributed by atoms with Gasteiger partial charge >= 0.3 is 6.18 Å². The van der Waals surface area contributed by atoms with Gasteiger partial charge in [-0.2, -0.15) is 37.8 Å². The first-order valence-corrected chi connectivity index (χ1v) is 2.99. The predicted octanol–water partition coefficient (Wildman–Crippen LogP) is 2.89. The van der Waals surface area contributed by atoms with Crippen LogP contribution in [0.1, 0.15) is 11.1 Å². The van der Waals surface area contributed by atoms with Crippen LogP contribution in [0.15, 0.2) is 24.3 Å². The molecule has 0 heterocycles. The van der Waals surface area contributed by atoms with Gasteiger partial charge in [0.05, 0.1) is 0 Å². The Morgan fingerprint density at radius 2 is 1.75 bits per heavy atom. The fourth-order valence-corrected chi connectivity index (χ4v) is 0.748. The quantitative estimate of drug-likeness (QED) is 0.636. The standard InChI is InChI=1S/C8H6F3.W/c1-6-3-2-4-7(5-6)8(9,10)11;/h2-5H,1H2;/q-1;. The zero-order valence-corrected chi connectivity index (χ0v) is 8.99. The van der Waals surface area contributed by atoms with Gasteiger partial charge in [-0.05, 0) is 5.56 Å². The normalized spacial score (nSPS) is 10.6. The second-order valence-corrected chi connectivity index (χ2v) is 2.20. The second-order valence-electron chi connectivity index (χ2n) is 2.20. The summed E-state index contributed by atoms with van der Waals surface area (Å²) in [7, 11) is 0. The van der Waals surface area contributed by atoms with Gasteiger partial charge in [-0.3, -0.25) is 0 Å². The van der Waals surface area contributed by atoms with E-state index in [-0.39, 0.29) is 21.1 Å². The largest absolute Gasteiger partial charge is 0.405 e. The van der Waals surface area contributed by atoms with Crippen LogP contribution in [0.5, 0.6) is 0 Å². The molecule has 0 atom stereocenters. The molecule has 0 nitrogen and oxygen atoms in total. The van der Waals surface area contributed by atoms with Crippen LogP contribution in [0.25, 0.3) is 0 Å². The van der Waals surface area contributed by atoms with Crippen molar-refractivity contribution >= 4 is 0 Å². The molecule has 0 aliphatic heterocycles. The van der Waals surface area contributed by atoms with E-state index in [1.54, 1.807) is 0 Å². The maximum absolute atomic E-state index is 11.9. The number of hydrogen-bond acceptors (Lipinski definition) is 0. The van der Waals surface area contributed by atoms with Crippen LogP contribution in [-0.4, -0.2) is 0 Å². The molecule has 1 aromatic carbocycles. The molecular weight excluding hydrogens is 337 g/mol. The van der Waals surface area contributed by atoms with E-state index in [9.17, 15) is 13.2 Å². The summed E-state index contributed by atoms with van der Waals surface area (Å²) >= 11 is 0. The minimum Gasteiger partial charge on any atom is -0.199 e. The molecule has 12 heavy (non-hydrogen) atoms. The van der Waals surface area contributed by atoms with Crippen molar-refractivity contribution < 1.29 is 34.2 Å². The smallest absolute Gasteiger partial charge is 0.199 e. The second kappa shape index (κ2) is 3.99. The van der Waals surface area contributed by atoms with Gasteiger partial charge in [-0.25, -0.2) is 0 Å². The summed E-state index contributed by atoms with van der Waals surface area (Å²) in [6.07, 6.45) is -4.26. The zero-order valence-electron chi connectivity index (χ0n) is 6.06. The maximum atomic E-state index is 11.9. The van der Waals surface area contributed by atoms with Gasteiger partial charge in [0.15, 0.2) is 0 Å². The zero-order chi connectivity index (χ0) is 8.48. The number of rotatable bonds is 0. The van der Waals surface area contributed by atoms with Gasteiger partial charge in [0.25, 0.3) is 0 Å². The van der Waals surface area contributed by atoms with Gasteiger partial charge in [0.1, 0.15) is 0 Å². The van der Waals surface area contributed by atoms with Crippen LogP contribution >= 0.6 is 0 Å². The molecule has 0 unspecified atom stereocenters. The van der Waals surface area contributed by atoms with Crippen molar-refractivity contribution in [2.45, 2.75) is 6.18 Å². The van der Waals surface area contributed by atoms with E-state index in [4.69, 9.17) is 0 Å². The number of hydrogen-bond donors (Lipinski definition) is 0. The van der Waals surface area contributed by atoms with Crippen LogP contribution in [-0.2, 0) is 27.2 Å². The molecule has 0 saturated carbocycles. The van der Waals surface area contributed by atoms with Crippen molar-refractivity contribution in [1.82, 2.24) is 0 Å². The molecule has 0 spiro atoms. The van der Waals surface area contributed by atoms with Crippen LogP contribution in [0.2, 0.25) is 0 Å². The fraction of sp³-hybridized carbons (Fsp3) is 0.125. The molecule has 0 radical (unpaired) electrons. The Morgan fingerprint density at radius 3 is 2.08 bits per heavy atom.